The molecule has 0 fully saturated rings. The van der Waals surface area contributed by atoms with E-state index >= 15 is 0 Å². The van der Waals surface area contributed by atoms with Crippen LogP contribution in [0.2, 0.25) is 0 Å². The molecule has 0 saturated carbocycles. The van der Waals surface area contributed by atoms with Gasteiger partial charge in [0, 0.05) is 6.42 Å². The van der Waals surface area contributed by atoms with E-state index in [2.05, 4.69) is 0 Å². The summed E-state index contributed by atoms with van der Waals surface area (Å²) in [5, 5.41) is 0. The molecule has 1 aliphatic rings. The van der Waals surface area contributed by atoms with Crippen molar-refractivity contribution >= 4 is 0 Å². The molecule has 0 bridgehead atoms. The van der Waals surface area contributed by atoms with Gasteiger partial charge in [0.25, 0.3) is 0 Å². The van der Waals surface area contributed by atoms with E-state index in [1.165, 1.54) is 0 Å². The minimum Gasteiger partial charge on any atom is -0.490 e. The highest BCUT2D eigenvalue weighted by Gasteiger charge is 2.17. The van der Waals surface area contributed by atoms with Crippen molar-refractivity contribution in [1.82, 2.24) is 0 Å². The van der Waals surface area contributed by atoms with E-state index < -0.39 is 6.17 Å². The number of hydrogen-bond donors (Lipinski definition) is 1. The fourth-order valence-electron chi connectivity index (χ4n) is 2.15. The maximum atomic E-state index is 13.7. The van der Waals surface area contributed by atoms with Crippen molar-refractivity contribution in [1.29, 1.82) is 0 Å². The molecule has 4 heteroatoms. The highest BCUT2D eigenvalue weighted by Crippen LogP contribution is 2.36. The number of rotatable bonds is 4. The zero-order valence-corrected chi connectivity index (χ0v) is 10.7. The maximum absolute atomic E-state index is 13.7. The molecule has 100 valence electrons. The highest BCUT2D eigenvalue weighted by molar-refractivity contribution is 5.48. The molecule has 2 N–H and O–H groups in total. The summed E-state index contributed by atoms with van der Waals surface area (Å²) >= 11 is 0. The van der Waals surface area contributed by atoms with E-state index in [0.717, 1.165) is 30.6 Å². The summed E-state index contributed by atoms with van der Waals surface area (Å²) in [5.41, 5.74) is 7.18. The third-order valence-corrected chi connectivity index (χ3v) is 3.09. The van der Waals surface area contributed by atoms with Gasteiger partial charge in [-0.15, -0.1) is 0 Å². The van der Waals surface area contributed by atoms with Gasteiger partial charge in [-0.25, -0.2) is 4.39 Å². The van der Waals surface area contributed by atoms with E-state index in [-0.39, 0.29) is 0 Å². The Balaban J connectivity index is 2.34. The van der Waals surface area contributed by atoms with Crippen LogP contribution in [0.3, 0.4) is 0 Å². The Bertz CT molecular complexity index is 407. The van der Waals surface area contributed by atoms with Crippen LogP contribution in [-0.4, -0.2) is 19.8 Å². The van der Waals surface area contributed by atoms with Gasteiger partial charge in [0.1, 0.15) is 6.17 Å². The molecular formula is C14H20FNO2. The van der Waals surface area contributed by atoms with Crippen LogP contribution in [0.4, 0.5) is 4.39 Å². The van der Waals surface area contributed by atoms with Crippen LogP contribution in [-0.2, 0) is 6.42 Å². The Morgan fingerprint density at radius 1 is 1.28 bits per heavy atom. The normalized spacial score (nSPS) is 16.2. The summed E-state index contributed by atoms with van der Waals surface area (Å²) in [4.78, 5) is 0. The molecule has 1 heterocycles. The molecule has 0 amide bonds. The Hall–Kier alpha value is -1.29. The second-order valence-corrected chi connectivity index (χ2v) is 4.56. The molecule has 0 spiro atoms. The molecule has 0 saturated heterocycles. The molecule has 2 rings (SSSR count). The molecule has 18 heavy (non-hydrogen) atoms. The molecule has 1 unspecified atom stereocenters. The molecule has 1 atom stereocenters. The average Bonchev–Trinajstić information content (AvgIpc) is 2.59. The number of halogens is 1. The van der Waals surface area contributed by atoms with E-state index in [9.17, 15) is 4.39 Å². The van der Waals surface area contributed by atoms with Crippen molar-refractivity contribution in [2.75, 3.05) is 19.8 Å². The number of benzene rings is 1. The minimum absolute atomic E-state index is 0.606. The van der Waals surface area contributed by atoms with Gasteiger partial charge in [0.05, 0.1) is 13.2 Å². The molecule has 1 aliphatic heterocycles. The second-order valence-electron chi connectivity index (χ2n) is 4.56. The first kappa shape index (κ1) is 13.1. The van der Waals surface area contributed by atoms with E-state index in [4.69, 9.17) is 15.2 Å². The summed E-state index contributed by atoms with van der Waals surface area (Å²) in [6.45, 7) is 3.42. The summed E-state index contributed by atoms with van der Waals surface area (Å²) in [6, 6.07) is 3.68. The molecule has 0 aromatic heterocycles. The van der Waals surface area contributed by atoms with E-state index in [0.29, 0.717) is 31.1 Å². The topological polar surface area (TPSA) is 44.5 Å². The number of hydrogen-bond acceptors (Lipinski definition) is 3. The largest absolute Gasteiger partial charge is 0.490 e. The monoisotopic (exact) mass is 253 g/mol. The van der Waals surface area contributed by atoms with Crippen molar-refractivity contribution in [3.05, 3.63) is 23.3 Å². The van der Waals surface area contributed by atoms with Crippen molar-refractivity contribution in [3.63, 3.8) is 0 Å². The van der Waals surface area contributed by atoms with Crippen LogP contribution in [0.1, 0.15) is 37.1 Å². The first-order chi connectivity index (χ1) is 8.72. The fourth-order valence-corrected chi connectivity index (χ4v) is 2.15. The lowest BCUT2D eigenvalue weighted by atomic mass is 9.99. The Kier molecular flexibility index (Phi) is 4.42. The lowest BCUT2D eigenvalue weighted by Gasteiger charge is -2.15. The molecule has 0 radical (unpaired) electrons. The van der Waals surface area contributed by atoms with Crippen LogP contribution in [0.25, 0.3) is 0 Å². The fraction of sp³-hybridized carbons (Fsp3) is 0.571. The van der Waals surface area contributed by atoms with Crippen LogP contribution in [0, 0.1) is 0 Å². The van der Waals surface area contributed by atoms with Crippen molar-refractivity contribution in [2.45, 2.75) is 32.4 Å². The number of nitrogens with two attached hydrogens (primary N) is 1. The lowest BCUT2D eigenvalue weighted by molar-refractivity contribution is 0.296. The summed E-state index contributed by atoms with van der Waals surface area (Å²) in [6.07, 6.45) is 1.47. The second kappa shape index (κ2) is 6.05. The van der Waals surface area contributed by atoms with Gasteiger partial charge in [0.15, 0.2) is 11.5 Å². The third-order valence-electron chi connectivity index (χ3n) is 3.09. The van der Waals surface area contributed by atoms with E-state index in [1.54, 1.807) is 13.0 Å². The third kappa shape index (κ3) is 2.93. The number of aryl methyl sites for hydroxylation is 1. The first-order valence-corrected chi connectivity index (χ1v) is 6.49. The van der Waals surface area contributed by atoms with Crippen LogP contribution >= 0.6 is 0 Å². The zero-order chi connectivity index (χ0) is 13.0. The van der Waals surface area contributed by atoms with Gasteiger partial charge in [-0.2, -0.15) is 0 Å². The molecular weight excluding hydrogens is 233 g/mol. The van der Waals surface area contributed by atoms with Crippen LogP contribution in [0.5, 0.6) is 11.5 Å². The summed E-state index contributed by atoms with van der Waals surface area (Å²) in [5.74, 6) is 1.38. The SMILES string of the molecule is CC(F)c1cc2c(cc1CCCN)OCCCO2. The highest BCUT2D eigenvalue weighted by atomic mass is 19.1. The van der Waals surface area contributed by atoms with Gasteiger partial charge in [-0.05, 0) is 49.6 Å². The molecule has 1 aromatic rings. The van der Waals surface area contributed by atoms with Crippen molar-refractivity contribution in [3.8, 4) is 11.5 Å². The number of alkyl halides is 1. The quantitative estimate of drug-likeness (QED) is 0.897. The van der Waals surface area contributed by atoms with Crippen molar-refractivity contribution < 1.29 is 13.9 Å². The minimum atomic E-state index is -1.00. The van der Waals surface area contributed by atoms with E-state index in [1.807, 2.05) is 6.07 Å². The van der Waals surface area contributed by atoms with Crippen LogP contribution in [0.15, 0.2) is 12.1 Å². The van der Waals surface area contributed by atoms with Gasteiger partial charge in [-0.3, -0.25) is 0 Å². The molecule has 3 nitrogen and oxygen atoms in total. The van der Waals surface area contributed by atoms with Crippen molar-refractivity contribution in [2.24, 2.45) is 5.73 Å². The number of fused-ring (bicyclic) bond motifs is 1. The Morgan fingerprint density at radius 2 is 1.94 bits per heavy atom. The summed E-state index contributed by atoms with van der Waals surface area (Å²) < 4.78 is 24.9. The van der Waals surface area contributed by atoms with Gasteiger partial charge in [0.2, 0.25) is 0 Å². The molecule has 0 aliphatic carbocycles. The Labute approximate surface area is 107 Å². The van der Waals surface area contributed by atoms with Gasteiger partial charge in [-0.1, -0.05) is 0 Å². The maximum Gasteiger partial charge on any atom is 0.161 e. The predicted molar refractivity (Wildman–Crippen MR) is 68.9 cm³/mol. The predicted octanol–water partition coefficient (Wildman–Crippen LogP) is 2.77. The zero-order valence-electron chi connectivity index (χ0n) is 10.7. The first-order valence-electron chi connectivity index (χ1n) is 6.49. The standard InChI is InChI=1S/C14H20FNO2/c1-10(15)12-9-14-13(17-6-3-7-18-14)8-11(12)4-2-5-16/h8-10H,2-7,16H2,1H3. The molecule has 1 aromatic carbocycles. The van der Waals surface area contributed by atoms with Crippen LogP contribution < -0.4 is 15.2 Å². The lowest BCUT2D eigenvalue weighted by Crippen LogP contribution is -2.04. The summed E-state index contributed by atoms with van der Waals surface area (Å²) in [7, 11) is 0. The van der Waals surface area contributed by atoms with Gasteiger partial charge < -0.3 is 15.2 Å². The average molecular weight is 253 g/mol. The number of ether oxygens (including phenoxy) is 2. The van der Waals surface area contributed by atoms with Gasteiger partial charge >= 0.3 is 0 Å². The Morgan fingerprint density at radius 3 is 2.56 bits per heavy atom. The smallest absolute Gasteiger partial charge is 0.161 e.